The van der Waals surface area contributed by atoms with Gasteiger partial charge in [-0.15, -0.1) is 13.2 Å². The second kappa shape index (κ2) is 8.33. The van der Waals surface area contributed by atoms with Crippen molar-refractivity contribution >= 4 is 5.82 Å². The molecule has 2 heterocycles. The summed E-state index contributed by atoms with van der Waals surface area (Å²) in [6, 6.07) is 1.18. The number of hydrogen-bond donors (Lipinski definition) is 2. The average Bonchev–Trinajstić information content (AvgIpc) is 3.06. The van der Waals surface area contributed by atoms with Crippen molar-refractivity contribution in [1.82, 2.24) is 14.5 Å². The summed E-state index contributed by atoms with van der Waals surface area (Å²) in [4.78, 5) is 8.29. The molecule has 0 amide bonds. The van der Waals surface area contributed by atoms with Gasteiger partial charge in [-0.25, -0.2) is 9.97 Å². The predicted molar refractivity (Wildman–Crippen MR) is 110 cm³/mol. The van der Waals surface area contributed by atoms with E-state index in [1.165, 1.54) is 44.4 Å². The minimum Gasteiger partial charge on any atom is -0.402 e. The number of aryl methyl sites for hydroxylation is 1. The van der Waals surface area contributed by atoms with Crippen molar-refractivity contribution in [3.05, 3.63) is 24.3 Å². The molecule has 2 aromatic heterocycles. The molecule has 31 heavy (non-hydrogen) atoms. The van der Waals surface area contributed by atoms with Gasteiger partial charge in [-0.05, 0) is 55.9 Å². The first kappa shape index (κ1) is 21.9. The molecule has 0 saturated heterocycles. The van der Waals surface area contributed by atoms with Crippen molar-refractivity contribution in [2.24, 2.45) is 11.3 Å². The maximum Gasteiger partial charge on any atom is 0.573 e. The van der Waals surface area contributed by atoms with Gasteiger partial charge in [-0.1, -0.05) is 19.8 Å². The standard InChI is InChI=1S/C22H29F3N4O2/c1-2-17(30)20-28-16(15-8-18(19(26)27-12-15)31-22(23,24)25)13-29(20)7-5-3-4-6-21-9-14(10-21)11-21/h8,12-14,17,30H,2-7,9-11H2,1H3,(H2,26,27). The van der Waals surface area contributed by atoms with Crippen LogP contribution in [0.2, 0.25) is 0 Å². The number of aliphatic hydroxyl groups is 1. The van der Waals surface area contributed by atoms with E-state index in [0.717, 1.165) is 18.8 Å². The first-order valence-corrected chi connectivity index (χ1v) is 10.9. The van der Waals surface area contributed by atoms with Crippen molar-refractivity contribution in [3.63, 3.8) is 0 Å². The topological polar surface area (TPSA) is 86.2 Å². The predicted octanol–water partition coefficient (Wildman–Crippen LogP) is 5.23. The molecule has 170 valence electrons. The normalized spacial score (nSPS) is 23.2. The third-order valence-corrected chi connectivity index (χ3v) is 6.67. The second-order valence-corrected chi connectivity index (χ2v) is 9.05. The molecule has 3 saturated carbocycles. The summed E-state index contributed by atoms with van der Waals surface area (Å²) < 4.78 is 43.7. The van der Waals surface area contributed by atoms with E-state index >= 15 is 0 Å². The molecule has 9 heteroatoms. The van der Waals surface area contributed by atoms with E-state index in [1.807, 2.05) is 11.5 Å². The lowest BCUT2D eigenvalue weighted by molar-refractivity contribution is -0.274. The minimum absolute atomic E-state index is 0.348. The number of anilines is 1. The van der Waals surface area contributed by atoms with Gasteiger partial charge in [0.1, 0.15) is 11.9 Å². The highest BCUT2D eigenvalue weighted by Crippen LogP contribution is 2.66. The van der Waals surface area contributed by atoms with E-state index in [-0.39, 0.29) is 5.82 Å². The number of aromatic nitrogens is 3. The minimum atomic E-state index is -4.86. The lowest BCUT2D eigenvalue weighted by Gasteiger charge is -2.62. The van der Waals surface area contributed by atoms with Gasteiger partial charge < -0.3 is 20.1 Å². The highest BCUT2D eigenvalue weighted by molar-refractivity contribution is 5.63. The Kier molecular flexibility index (Phi) is 5.89. The Morgan fingerprint density at radius 3 is 2.65 bits per heavy atom. The lowest BCUT2D eigenvalue weighted by Crippen LogP contribution is -2.51. The van der Waals surface area contributed by atoms with E-state index < -0.39 is 18.2 Å². The van der Waals surface area contributed by atoms with Gasteiger partial charge in [0, 0.05) is 24.5 Å². The monoisotopic (exact) mass is 438 g/mol. The molecule has 1 atom stereocenters. The number of ether oxygens (including phenoxy) is 1. The number of alkyl halides is 3. The summed E-state index contributed by atoms with van der Waals surface area (Å²) in [5, 5.41) is 10.4. The van der Waals surface area contributed by atoms with Crippen LogP contribution < -0.4 is 10.5 Å². The maximum absolute atomic E-state index is 12.6. The number of halogens is 3. The summed E-state index contributed by atoms with van der Waals surface area (Å²) in [7, 11) is 0. The third kappa shape index (κ3) is 4.81. The van der Waals surface area contributed by atoms with Crippen molar-refractivity contribution in [3.8, 4) is 17.0 Å². The Hall–Kier alpha value is -2.29. The van der Waals surface area contributed by atoms with Gasteiger partial charge >= 0.3 is 6.36 Å². The van der Waals surface area contributed by atoms with Crippen LogP contribution in [0.5, 0.6) is 5.75 Å². The Labute approximate surface area is 179 Å². The smallest absolute Gasteiger partial charge is 0.402 e. The number of rotatable bonds is 10. The van der Waals surface area contributed by atoms with E-state index in [9.17, 15) is 18.3 Å². The van der Waals surface area contributed by atoms with Crippen LogP contribution in [0, 0.1) is 11.3 Å². The van der Waals surface area contributed by atoms with Crippen LogP contribution in [-0.2, 0) is 6.54 Å². The maximum atomic E-state index is 12.6. The van der Waals surface area contributed by atoms with Gasteiger partial charge in [0.15, 0.2) is 11.6 Å². The molecule has 3 aliphatic carbocycles. The summed E-state index contributed by atoms with van der Waals surface area (Å²) >= 11 is 0. The van der Waals surface area contributed by atoms with Crippen LogP contribution in [0.15, 0.2) is 18.5 Å². The number of nitrogens with two attached hydrogens (primary N) is 1. The van der Waals surface area contributed by atoms with Gasteiger partial charge in [0.2, 0.25) is 0 Å². The zero-order valence-electron chi connectivity index (χ0n) is 17.7. The van der Waals surface area contributed by atoms with Crippen LogP contribution in [0.25, 0.3) is 11.3 Å². The molecule has 5 rings (SSSR count). The number of aliphatic hydroxyl groups excluding tert-OH is 1. The molecule has 3 aliphatic rings. The molecule has 3 fully saturated rings. The third-order valence-electron chi connectivity index (χ3n) is 6.67. The van der Waals surface area contributed by atoms with Crippen LogP contribution >= 0.6 is 0 Å². The second-order valence-electron chi connectivity index (χ2n) is 9.05. The van der Waals surface area contributed by atoms with Crippen LogP contribution in [0.4, 0.5) is 19.0 Å². The fraction of sp³-hybridized carbons (Fsp3) is 0.636. The zero-order valence-corrected chi connectivity index (χ0v) is 17.7. The number of unbranched alkanes of at least 4 members (excludes halogenated alkanes) is 2. The molecule has 2 bridgehead atoms. The fourth-order valence-electron chi connectivity index (χ4n) is 4.92. The van der Waals surface area contributed by atoms with Crippen LogP contribution in [-0.4, -0.2) is 26.0 Å². The quantitative estimate of drug-likeness (QED) is 0.496. The Balaban J connectivity index is 1.44. The number of nitrogen functional groups attached to an aromatic ring is 1. The number of pyridine rings is 1. The van der Waals surface area contributed by atoms with Crippen molar-refractivity contribution in [2.75, 3.05) is 5.73 Å². The number of hydrogen-bond acceptors (Lipinski definition) is 5. The summed E-state index contributed by atoms with van der Waals surface area (Å²) in [5.41, 5.74) is 6.96. The molecule has 1 unspecified atom stereocenters. The fourth-order valence-corrected chi connectivity index (χ4v) is 4.92. The van der Waals surface area contributed by atoms with Crippen molar-refractivity contribution in [1.29, 1.82) is 0 Å². The molecule has 6 nitrogen and oxygen atoms in total. The molecule has 2 aromatic rings. The number of nitrogens with zero attached hydrogens (tertiary/aromatic N) is 3. The Bertz CT molecular complexity index is 911. The highest BCUT2D eigenvalue weighted by atomic mass is 19.4. The van der Waals surface area contributed by atoms with E-state index in [2.05, 4.69) is 14.7 Å². The summed E-state index contributed by atoms with van der Waals surface area (Å²) in [6.45, 7) is 2.55. The van der Waals surface area contributed by atoms with Crippen LogP contribution in [0.1, 0.15) is 70.2 Å². The van der Waals surface area contributed by atoms with Gasteiger partial charge in [-0.2, -0.15) is 0 Å². The van der Waals surface area contributed by atoms with Gasteiger partial charge in [0.05, 0.1) is 5.69 Å². The van der Waals surface area contributed by atoms with Gasteiger partial charge in [0.25, 0.3) is 0 Å². The van der Waals surface area contributed by atoms with Crippen molar-refractivity contribution < 1.29 is 23.0 Å². The van der Waals surface area contributed by atoms with E-state index in [0.29, 0.717) is 35.5 Å². The molecular formula is C22H29F3N4O2. The first-order valence-electron chi connectivity index (χ1n) is 10.9. The van der Waals surface area contributed by atoms with Crippen molar-refractivity contribution in [2.45, 2.75) is 77.3 Å². The Morgan fingerprint density at radius 2 is 2.03 bits per heavy atom. The summed E-state index contributed by atoms with van der Waals surface area (Å²) in [5.74, 6) is 0.600. The SMILES string of the molecule is CCC(O)c1nc(-c2cnc(N)c(OC(F)(F)F)c2)cn1CCCCCC12CC(C1)C2. The molecular weight excluding hydrogens is 409 g/mol. The van der Waals surface area contributed by atoms with Gasteiger partial charge in [-0.3, -0.25) is 0 Å². The van der Waals surface area contributed by atoms with E-state index in [1.54, 1.807) is 6.20 Å². The van der Waals surface area contributed by atoms with Crippen LogP contribution in [0.3, 0.4) is 0 Å². The molecule has 0 aliphatic heterocycles. The zero-order chi connectivity index (χ0) is 22.2. The molecule has 0 radical (unpaired) electrons. The number of imidazole rings is 1. The summed E-state index contributed by atoms with van der Waals surface area (Å²) in [6.07, 6.45) is 6.82. The molecule has 0 spiro atoms. The molecule has 0 aromatic carbocycles. The molecule has 3 N–H and O–H groups in total. The average molecular weight is 438 g/mol. The first-order chi connectivity index (χ1) is 14.7. The Morgan fingerprint density at radius 1 is 1.29 bits per heavy atom. The van der Waals surface area contributed by atoms with E-state index in [4.69, 9.17) is 5.73 Å². The largest absolute Gasteiger partial charge is 0.573 e. The highest BCUT2D eigenvalue weighted by Gasteiger charge is 2.55. The lowest BCUT2D eigenvalue weighted by atomic mass is 9.43.